The van der Waals surface area contributed by atoms with Gasteiger partial charge in [0.15, 0.2) is 5.17 Å². The molecule has 2 aromatic carbocycles. The minimum absolute atomic E-state index is 0.0255. The molecule has 144 valence electrons. The van der Waals surface area contributed by atoms with Crippen LogP contribution in [0.25, 0.3) is 6.08 Å². The van der Waals surface area contributed by atoms with Crippen LogP contribution in [0.15, 0.2) is 52.4 Å². The van der Waals surface area contributed by atoms with Crippen LogP contribution in [-0.4, -0.2) is 43.2 Å². The number of aliphatic imine (C=N–C) groups is 1. The van der Waals surface area contributed by atoms with E-state index in [0.717, 1.165) is 5.56 Å². The molecule has 3 rings (SSSR count). The van der Waals surface area contributed by atoms with Gasteiger partial charge in [0.2, 0.25) is 0 Å². The predicted molar refractivity (Wildman–Crippen MR) is 106 cm³/mol. The number of methoxy groups -OCH3 is 2. The highest BCUT2D eigenvalue weighted by atomic mass is 32.2. The van der Waals surface area contributed by atoms with Gasteiger partial charge in [-0.1, -0.05) is 12.1 Å². The third-order valence-electron chi connectivity index (χ3n) is 4.04. The molecule has 0 aromatic heterocycles. The van der Waals surface area contributed by atoms with E-state index < -0.39 is 5.97 Å². The number of aromatic carboxylic acids is 1. The molecule has 7 nitrogen and oxygen atoms in total. The van der Waals surface area contributed by atoms with Gasteiger partial charge < -0.3 is 19.4 Å². The maximum atomic E-state index is 12.6. The summed E-state index contributed by atoms with van der Waals surface area (Å²) in [6.45, 7) is 0. The highest BCUT2D eigenvalue weighted by molar-refractivity contribution is 8.18. The summed E-state index contributed by atoms with van der Waals surface area (Å²) in [7, 11) is 4.73. The molecule has 1 aliphatic rings. The van der Waals surface area contributed by atoms with E-state index in [1.807, 2.05) is 0 Å². The number of rotatable bonds is 5. The van der Waals surface area contributed by atoms with Crippen molar-refractivity contribution < 1.29 is 24.2 Å². The molecule has 0 aliphatic carbocycles. The standard InChI is InChI=1S/C20H18N2O5S/c1-22-18(23)17(10-12-7-8-15(26-2)11-16(12)27-3)28-20(22)21-14-6-4-5-13(9-14)19(24)25/h4-11H,1-3H3,(H,24,25)/p-1/b17-10-,21-20?. The van der Waals surface area contributed by atoms with Crippen LogP contribution in [0.3, 0.4) is 0 Å². The lowest BCUT2D eigenvalue weighted by Gasteiger charge is -2.08. The Morgan fingerprint density at radius 2 is 1.96 bits per heavy atom. The largest absolute Gasteiger partial charge is 0.545 e. The summed E-state index contributed by atoms with van der Waals surface area (Å²) in [5.74, 6) is -0.262. The second-order valence-electron chi connectivity index (χ2n) is 5.81. The molecule has 0 unspecified atom stereocenters. The van der Waals surface area contributed by atoms with Gasteiger partial charge in [-0.3, -0.25) is 9.69 Å². The van der Waals surface area contributed by atoms with Crippen LogP contribution >= 0.6 is 11.8 Å². The smallest absolute Gasteiger partial charge is 0.266 e. The second kappa shape index (κ2) is 8.18. The molecule has 28 heavy (non-hydrogen) atoms. The summed E-state index contributed by atoms with van der Waals surface area (Å²) in [6.07, 6.45) is 1.72. The average molecular weight is 397 g/mol. The number of benzene rings is 2. The number of ether oxygens (including phenoxy) is 2. The first-order valence-electron chi connectivity index (χ1n) is 8.22. The van der Waals surface area contributed by atoms with Crippen LogP contribution in [0.1, 0.15) is 15.9 Å². The number of thioether (sulfide) groups is 1. The molecule has 1 heterocycles. The van der Waals surface area contributed by atoms with Gasteiger partial charge in [0.1, 0.15) is 11.5 Å². The first-order valence-corrected chi connectivity index (χ1v) is 9.04. The number of amides is 1. The minimum Gasteiger partial charge on any atom is -0.545 e. The number of carboxylic acid groups (broad SMARTS) is 1. The summed E-state index contributed by atoms with van der Waals surface area (Å²) >= 11 is 1.20. The van der Waals surface area contributed by atoms with E-state index in [1.165, 1.54) is 28.8 Å². The van der Waals surface area contributed by atoms with E-state index in [1.54, 1.807) is 57.7 Å². The zero-order valence-corrected chi connectivity index (χ0v) is 16.3. The molecule has 1 amide bonds. The van der Waals surface area contributed by atoms with Crippen molar-refractivity contribution in [3.05, 3.63) is 58.5 Å². The normalized spacial score (nSPS) is 16.7. The molecular formula is C20H17N2O5S-. The average Bonchev–Trinajstić information content (AvgIpc) is 2.96. The lowest BCUT2D eigenvalue weighted by atomic mass is 10.1. The van der Waals surface area contributed by atoms with Crippen molar-refractivity contribution in [2.45, 2.75) is 0 Å². The van der Waals surface area contributed by atoms with Crippen LogP contribution in [0.5, 0.6) is 11.5 Å². The Morgan fingerprint density at radius 1 is 1.18 bits per heavy atom. The van der Waals surface area contributed by atoms with E-state index in [4.69, 9.17) is 9.47 Å². The van der Waals surface area contributed by atoms with Gasteiger partial charge in [0.05, 0.1) is 30.8 Å². The van der Waals surface area contributed by atoms with Gasteiger partial charge in [-0.25, -0.2) is 4.99 Å². The molecule has 2 aromatic rings. The van der Waals surface area contributed by atoms with Crippen molar-refractivity contribution in [3.63, 3.8) is 0 Å². The van der Waals surface area contributed by atoms with Gasteiger partial charge in [-0.05, 0) is 47.7 Å². The van der Waals surface area contributed by atoms with Crippen molar-refractivity contribution in [2.24, 2.45) is 4.99 Å². The Bertz CT molecular complexity index is 1000. The minimum atomic E-state index is -1.28. The molecule has 0 N–H and O–H groups in total. The van der Waals surface area contributed by atoms with E-state index >= 15 is 0 Å². The summed E-state index contributed by atoms with van der Waals surface area (Å²) in [6, 6.07) is 11.4. The van der Waals surface area contributed by atoms with E-state index in [0.29, 0.717) is 27.3 Å². The predicted octanol–water partition coefficient (Wildman–Crippen LogP) is 2.30. The van der Waals surface area contributed by atoms with Crippen molar-refractivity contribution in [2.75, 3.05) is 21.3 Å². The van der Waals surface area contributed by atoms with Crippen LogP contribution in [0, 0.1) is 0 Å². The third-order valence-corrected chi connectivity index (χ3v) is 5.10. The van der Waals surface area contributed by atoms with Gasteiger partial charge >= 0.3 is 0 Å². The zero-order chi connectivity index (χ0) is 20.3. The highest BCUT2D eigenvalue weighted by Crippen LogP contribution is 2.35. The molecule has 1 saturated heterocycles. The lowest BCUT2D eigenvalue weighted by Crippen LogP contribution is -2.23. The maximum Gasteiger partial charge on any atom is 0.266 e. The third kappa shape index (κ3) is 4.01. The molecule has 0 radical (unpaired) electrons. The summed E-state index contributed by atoms with van der Waals surface area (Å²) in [4.78, 5) is 29.9. The van der Waals surface area contributed by atoms with Gasteiger partial charge in [-0.2, -0.15) is 0 Å². The summed E-state index contributed by atoms with van der Waals surface area (Å²) in [5.41, 5.74) is 1.18. The number of carbonyl (C=O) groups is 2. The molecule has 8 heteroatoms. The molecule has 1 aliphatic heterocycles. The maximum absolute atomic E-state index is 12.6. The topological polar surface area (TPSA) is 91.3 Å². The number of carbonyl (C=O) groups excluding carboxylic acids is 2. The van der Waals surface area contributed by atoms with Gasteiger partial charge in [0.25, 0.3) is 5.91 Å². The Labute approximate surface area is 166 Å². The first kappa shape index (κ1) is 19.5. The quantitative estimate of drug-likeness (QED) is 0.719. The molecule has 1 fully saturated rings. The summed E-state index contributed by atoms with van der Waals surface area (Å²) < 4.78 is 10.6. The fraction of sp³-hybridized carbons (Fsp3) is 0.150. The van der Waals surface area contributed by atoms with Crippen LogP contribution in [0.4, 0.5) is 5.69 Å². The van der Waals surface area contributed by atoms with E-state index in [-0.39, 0.29) is 11.5 Å². The number of carboxylic acids is 1. The number of hydrogen-bond donors (Lipinski definition) is 0. The van der Waals surface area contributed by atoms with Crippen molar-refractivity contribution in [1.82, 2.24) is 4.90 Å². The van der Waals surface area contributed by atoms with E-state index in [9.17, 15) is 14.7 Å². The monoisotopic (exact) mass is 397 g/mol. The lowest BCUT2D eigenvalue weighted by molar-refractivity contribution is -0.255. The van der Waals surface area contributed by atoms with Gasteiger partial charge in [0, 0.05) is 18.7 Å². The van der Waals surface area contributed by atoms with Crippen LogP contribution in [0.2, 0.25) is 0 Å². The van der Waals surface area contributed by atoms with Crippen LogP contribution in [-0.2, 0) is 4.79 Å². The summed E-state index contributed by atoms with van der Waals surface area (Å²) in [5, 5.41) is 11.5. The highest BCUT2D eigenvalue weighted by Gasteiger charge is 2.30. The molecule has 0 saturated carbocycles. The van der Waals surface area contributed by atoms with E-state index in [2.05, 4.69) is 4.99 Å². The number of likely N-dealkylation sites (N-methyl/N-ethyl adjacent to an activating group) is 1. The van der Waals surface area contributed by atoms with Crippen molar-refractivity contribution in [3.8, 4) is 11.5 Å². The fourth-order valence-electron chi connectivity index (χ4n) is 2.54. The SMILES string of the molecule is COc1ccc(/C=C2\SC(=Nc3cccc(C(=O)[O-])c3)N(C)C2=O)c(OC)c1. The Balaban J connectivity index is 1.92. The Morgan fingerprint density at radius 3 is 2.64 bits per heavy atom. The van der Waals surface area contributed by atoms with Crippen LogP contribution < -0.4 is 14.6 Å². The second-order valence-corrected chi connectivity index (χ2v) is 6.82. The zero-order valence-electron chi connectivity index (χ0n) is 15.5. The van der Waals surface area contributed by atoms with Gasteiger partial charge in [-0.15, -0.1) is 0 Å². The molecule has 0 bridgehead atoms. The van der Waals surface area contributed by atoms with Crippen molar-refractivity contribution in [1.29, 1.82) is 0 Å². The Kier molecular flexibility index (Phi) is 5.70. The number of amidine groups is 1. The number of hydrogen-bond acceptors (Lipinski definition) is 7. The number of nitrogens with zero attached hydrogens (tertiary/aromatic N) is 2. The molecule has 0 spiro atoms. The molecular weight excluding hydrogens is 380 g/mol. The van der Waals surface area contributed by atoms with Crippen molar-refractivity contribution >= 4 is 40.6 Å². The first-order chi connectivity index (χ1) is 13.4. The molecule has 0 atom stereocenters. The fourth-order valence-corrected chi connectivity index (χ4v) is 3.52. The Hall–Kier alpha value is -3.26.